The molecule has 0 bridgehead atoms. The van der Waals surface area contributed by atoms with E-state index >= 15 is 0 Å². The van der Waals surface area contributed by atoms with Gasteiger partial charge in [-0.2, -0.15) is 0 Å². The lowest BCUT2D eigenvalue weighted by molar-refractivity contribution is -0.162. The Bertz CT molecular complexity index is 204. The standard InChI is InChI=1S/C10H18O4/c1-10(6-11)8(12)4-3-5-9(10)14-7-13-2/h9,11H,3-7H2,1-2H3/t9-,10-/m0/s1. The topological polar surface area (TPSA) is 55.8 Å². The molecule has 1 aliphatic rings. The summed E-state index contributed by atoms with van der Waals surface area (Å²) in [4.78, 5) is 11.6. The third-order valence-electron chi connectivity index (χ3n) is 2.93. The minimum atomic E-state index is -0.739. The maximum atomic E-state index is 11.6. The number of ketones is 1. The van der Waals surface area contributed by atoms with E-state index in [1.807, 2.05) is 0 Å². The zero-order valence-corrected chi connectivity index (χ0v) is 8.78. The Balaban J connectivity index is 2.65. The van der Waals surface area contributed by atoms with E-state index in [0.29, 0.717) is 6.42 Å². The van der Waals surface area contributed by atoms with Crippen LogP contribution in [-0.2, 0) is 14.3 Å². The zero-order valence-electron chi connectivity index (χ0n) is 8.78. The number of rotatable bonds is 4. The van der Waals surface area contributed by atoms with Gasteiger partial charge >= 0.3 is 0 Å². The number of carbonyl (C=O) groups is 1. The second-order valence-electron chi connectivity index (χ2n) is 3.95. The first-order valence-corrected chi connectivity index (χ1v) is 4.90. The summed E-state index contributed by atoms with van der Waals surface area (Å²) in [6, 6.07) is 0. The third-order valence-corrected chi connectivity index (χ3v) is 2.93. The summed E-state index contributed by atoms with van der Waals surface area (Å²) in [5.74, 6) is 0.0901. The molecule has 0 aliphatic heterocycles. The minimum Gasteiger partial charge on any atom is -0.395 e. The SMILES string of the molecule is COCO[C@H]1CCCC(=O)[C@]1(C)CO. The molecular formula is C10H18O4. The van der Waals surface area contributed by atoms with Crippen LogP contribution in [0.15, 0.2) is 0 Å². The summed E-state index contributed by atoms with van der Waals surface area (Å²) in [7, 11) is 1.54. The fourth-order valence-electron chi connectivity index (χ4n) is 1.84. The van der Waals surface area contributed by atoms with E-state index in [-0.39, 0.29) is 25.3 Å². The van der Waals surface area contributed by atoms with Gasteiger partial charge in [0.1, 0.15) is 12.6 Å². The second-order valence-corrected chi connectivity index (χ2v) is 3.95. The molecule has 1 N–H and O–H groups in total. The number of carbonyl (C=O) groups excluding carboxylic acids is 1. The number of hydrogen-bond donors (Lipinski definition) is 1. The highest BCUT2D eigenvalue weighted by molar-refractivity contribution is 5.86. The molecule has 0 spiro atoms. The molecule has 0 aromatic heterocycles. The van der Waals surface area contributed by atoms with Crippen LogP contribution in [-0.4, -0.2) is 37.5 Å². The highest BCUT2D eigenvalue weighted by atomic mass is 16.7. The molecule has 4 nitrogen and oxygen atoms in total. The van der Waals surface area contributed by atoms with Crippen LogP contribution in [0.5, 0.6) is 0 Å². The van der Waals surface area contributed by atoms with E-state index in [2.05, 4.69) is 0 Å². The molecule has 0 aromatic rings. The normalized spacial score (nSPS) is 33.4. The maximum absolute atomic E-state index is 11.6. The van der Waals surface area contributed by atoms with Crippen LogP contribution < -0.4 is 0 Å². The van der Waals surface area contributed by atoms with E-state index in [9.17, 15) is 9.90 Å². The van der Waals surface area contributed by atoms with Crippen LogP contribution in [0.1, 0.15) is 26.2 Å². The van der Waals surface area contributed by atoms with Gasteiger partial charge in [-0.1, -0.05) is 0 Å². The Morgan fingerprint density at radius 2 is 2.36 bits per heavy atom. The molecule has 0 aromatic carbocycles. The quantitative estimate of drug-likeness (QED) is 0.683. The van der Waals surface area contributed by atoms with Crippen molar-refractivity contribution in [3.05, 3.63) is 0 Å². The van der Waals surface area contributed by atoms with E-state index < -0.39 is 5.41 Å². The summed E-state index contributed by atoms with van der Waals surface area (Å²) >= 11 is 0. The van der Waals surface area contributed by atoms with Crippen molar-refractivity contribution in [2.75, 3.05) is 20.5 Å². The van der Waals surface area contributed by atoms with Crippen LogP contribution in [0.2, 0.25) is 0 Å². The van der Waals surface area contributed by atoms with E-state index in [0.717, 1.165) is 12.8 Å². The van der Waals surface area contributed by atoms with Crippen molar-refractivity contribution in [3.63, 3.8) is 0 Å². The van der Waals surface area contributed by atoms with E-state index in [4.69, 9.17) is 9.47 Å². The van der Waals surface area contributed by atoms with Crippen LogP contribution in [0.4, 0.5) is 0 Å². The van der Waals surface area contributed by atoms with Gasteiger partial charge in [0.05, 0.1) is 18.1 Å². The first-order valence-electron chi connectivity index (χ1n) is 4.90. The minimum absolute atomic E-state index is 0.0901. The fraction of sp³-hybridized carbons (Fsp3) is 0.900. The average molecular weight is 202 g/mol. The van der Waals surface area contributed by atoms with Gasteiger partial charge in [0.2, 0.25) is 0 Å². The largest absolute Gasteiger partial charge is 0.395 e. The Morgan fingerprint density at radius 3 is 2.93 bits per heavy atom. The molecule has 2 atom stereocenters. The zero-order chi connectivity index (χ0) is 10.6. The Labute approximate surface area is 84.2 Å². The Morgan fingerprint density at radius 1 is 1.64 bits per heavy atom. The molecule has 4 heteroatoms. The number of methoxy groups -OCH3 is 1. The molecule has 1 aliphatic carbocycles. The van der Waals surface area contributed by atoms with Crippen LogP contribution in [0.3, 0.4) is 0 Å². The van der Waals surface area contributed by atoms with Crippen molar-refractivity contribution < 1.29 is 19.4 Å². The lowest BCUT2D eigenvalue weighted by Crippen LogP contribution is -2.47. The summed E-state index contributed by atoms with van der Waals surface area (Å²) in [6.07, 6.45) is 1.98. The predicted octanol–water partition coefficient (Wildman–Crippen LogP) is 0.727. The molecule has 1 saturated carbocycles. The maximum Gasteiger partial charge on any atom is 0.146 e. The lowest BCUT2D eigenvalue weighted by Gasteiger charge is -2.38. The summed E-state index contributed by atoms with van der Waals surface area (Å²) in [5.41, 5.74) is -0.739. The highest BCUT2D eigenvalue weighted by Crippen LogP contribution is 2.34. The van der Waals surface area contributed by atoms with Gasteiger partial charge in [0.25, 0.3) is 0 Å². The van der Waals surface area contributed by atoms with Crippen LogP contribution in [0.25, 0.3) is 0 Å². The number of ether oxygens (including phenoxy) is 2. The third kappa shape index (κ3) is 2.13. The molecule has 0 amide bonds. The fourth-order valence-corrected chi connectivity index (χ4v) is 1.84. The van der Waals surface area contributed by atoms with Gasteiger partial charge in [0.15, 0.2) is 0 Å². The number of aliphatic hydroxyl groups is 1. The first-order chi connectivity index (χ1) is 6.65. The van der Waals surface area contributed by atoms with Crippen molar-refractivity contribution >= 4 is 5.78 Å². The average Bonchev–Trinajstić information content (AvgIpc) is 2.20. The number of hydrogen-bond acceptors (Lipinski definition) is 4. The second kappa shape index (κ2) is 4.87. The van der Waals surface area contributed by atoms with Crippen molar-refractivity contribution in [1.29, 1.82) is 0 Å². The molecule has 0 radical (unpaired) electrons. The van der Waals surface area contributed by atoms with Gasteiger partial charge in [-0.3, -0.25) is 4.79 Å². The van der Waals surface area contributed by atoms with Crippen molar-refractivity contribution in [2.24, 2.45) is 5.41 Å². The van der Waals surface area contributed by atoms with Crippen molar-refractivity contribution in [2.45, 2.75) is 32.3 Å². The molecule has 0 heterocycles. The van der Waals surface area contributed by atoms with Crippen molar-refractivity contribution in [3.8, 4) is 0 Å². The molecule has 82 valence electrons. The van der Waals surface area contributed by atoms with Crippen LogP contribution >= 0.6 is 0 Å². The summed E-state index contributed by atoms with van der Waals surface area (Å²) in [5, 5.41) is 9.25. The Hall–Kier alpha value is -0.450. The molecule has 0 unspecified atom stereocenters. The Kier molecular flexibility index (Phi) is 4.04. The molecule has 0 saturated heterocycles. The van der Waals surface area contributed by atoms with Gasteiger partial charge in [-0.05, 0) is 19.8 Å². The van der Waals surface area contributed by atoms with Gasteiger partial charge in [-0.15, -0.1) is 0 Å². The van der Waals surface area contributed by atoms with Crippen molar-refractivity contribution in [1.82, 2.24) is 0 Å². The molecule has 1 fully saturated rings. The molecule has 1 rings (SSSR count). The monoisotopic (exact) mass is 202 g/mol. The van der Waals surface area contributed by atoms with Gasteiger partial charge in [-0.25, -0.2) is 0 Å². The smallest absolute Gasteiger partial charge is 0.146 e. The van der Waals surface area contributed by atoms with Gasteiger partial charge in [0, 0.05) is 13.5 Å². The van der Waals surface area contributed by atoms with Crippen LogP contribution in [0, 0.1) is 5.41 Å². The molecule has 14 heavy (non-hydrogen) atoms. The van der Waals surface area contributed by atoms with Gasteiger partial charge < -0.3 is 14.6 Å². The lowest BCUT2D eigenvalue weighted by atomic mass is 9.73. The van der Waals surface area contributed by atoms with E-state index in [1.54, 1.807) is 14.0 Å². The summed E-state index contributed by atoms with van der Waals surface area (Å²) < 4.78 is 10.2. The number of Topliss-reactive ketones (excluding diaryl/α,β-unsaturated/α-hetero) is 1. The highest BCUT2D eigenvalue weighted by Gasteiger charge is 2.43. The first kappa shape index (κ1) is 11.6. The molecular weight excluding hydrogens is 184 g/mol. The predicted molar refractivity (Wildman–Crippen MR) is 50.8 cm³/mol. The summed E-state index contributed by atoms with van der Waals surface area (Å²) in [6.45, 7) is 1.78. The van der Waals surface area contributed by atoms with E-state index in [1.165, 1.54) is 0 Å². The number of aliphatic hydroxyl groups excluding tert-OH is 1.